The number of hydrogen-bond acceptors (Lipinski definition) is 8. The van der Waals surface area contributed by atoms with E-state index in [1.807, 2.05) is 0 Å². The van der Waals surface area contributed by atoms with Crippen LogP contribution < -0.4 is 15.5 Å². The molecular weight excluding hydrogens is 464 g/mol. The van der Waals surface area contributed by atoms with Crippen LogP contribution >= 0.6 is 0 Å². The molecule has 0 saturated heterocycles. The maximum Gasteiger partial charge on any atom is 0.293 e. The summed E-state index contributed by atoms with van der Waals surface area (Å²) in [5.41, 5.74) is 1.19. The molecule has 0 aliphatic rings. The van der Waals surface area contributed by atoms with Gasteiger partial charge in [-0.3, -0.25) is 19.5 Å². The van der Waals surface area contributed by atoms with Crippen molar-refractivity contribution < 1.29 is 22.6 Å². The van der Waals surface area contributed by atoms with E-state index in [-0.39, 0.29) is 11.1 Å². The minimum atomic E-state index is -3.67. The smallest absolute Gasteiger partial charge is 0.293 e. The van der Waals surface area contributed by atoms with E-state index < -0.39 is 15.0 Å². The number of methoxy groups -OCH3 is 1. The fraction of sp³-hybridized carbons (Fsp3) is 0.409. The molecule has 1 aromatic heterocycles. The summed E-state index contributed by atoms with van der Waals surface area (Å²) in [6.07, 6.45) is 0.715. The van der Waals surface area contributed by atoms with Gasteiger partial charge < -0.3 is 19.5 Å². The fourth-order valence-corrected chi connectivity index (χ4v) is 3.70. The summed E-state index contributed by atoms with van der Waals surface area (Å²) in [6.45, 7) is 7.51. The molecule has 0 unspecified atom stereocenters. The van der Waals surface area contributed by atoms with Crippen LogP contribution in [0, 0.1) is 10.1 Å². The van der Waals surface area contributed by atoms with Crippen molar-refractivity contribution in [1.82, 2.24) is 9.47 Å². The number of benzene rings is 2. The van der Waals surface area contributed by atoms with Gasteiger partial charge in [0.25, 0.3) is 15.8 Å². The molecule has 0 aliphatic carbocycles. The van der Waals surface area contributed by atoms with E-state index in [1.165, 1.54) is 13.2 Å². The number of hydrogen-bond donors (Lipinski definition) is 2. The van der Waals surface area contributed by atoms with Gasteiger partial charge in [-0.15, -0.1) is 0 Å². The number of non-ortho nitro benzene ring substituents is 1. The van der Waals surface area contributed by atoms with E-state index in [0.29, 0.717) is 46.0 Å². The molecule has 3 aromatic rings. The van der Waals surface area contributed by atoms with Crippen LogP contribution in [0.1, 0.15) is 13.8 Å². The second-order valence-electron chi connectivity index (χ2n) is 7.57. The molecule has 0 amide bonds. The molecule has 2 N–H and O–H groups in total. The van der Waals surface area contributed by atoms with Crippen LogP contribution in [0.15, 0.2) is 35.1 Å². The standard InChI is InChI=1S/C21H26N4O4.CH4O3S/c1-5-24(6-2)12-11-22-16-8-10-18(25(27)28)20-19(16)21(26)15-13-14(29-4)7-9-17(15)23(20)3;1-5(2,3)4/h7-10,13,22H,5-6,11-12H2,1-4H3;1H3,(H,2,3,4). The Morgan fingerprint density at radius 3 is 2.35 bits per heavy atom. The highest BCUT2D eigenvalue weighted by Crippen LogP contribution is 2.32. The number of aryl methyl sites for hydroxylation is 1. The third kappa shape index (κ3) is 6.43. The molecule has 0 bridgehead atoms. The molecule has 3 rings (SSSR count). The van der Waals surface area contributed by atoms with Crippen molar-refractivity contribution in [2.45, 2.75) is 13.8 Å². The molecule has 0 radical (unpaired) electrons. The third-order valence-electron chi connectivity index (χ3n) is 5.36. The van der Waals surface area contributed by atoms with Gasteiger partial charge in [0.15, 0.2) is 5.43 Å². The predicted octanol–water partition coefficient (Wildman–Crippen LogP) is 2.87. The Bertz CT molecular complexity index is 1340. The molecule has 0 atom stereocenters. The lowest BCUT2D eigenvalue weighted by molar-refractivity contribution is -0.383. The molecule has 186 valence electrons. The van der Waals surface area contributed by atoms with Gasteiger partial charge in [-0.05, 0) is 37.4 Å². The first-order valence-corrected chi connectivity index (χ1v) is 12.4. The number of nitro groups is 1. The number of anilines is 1. The summed E-state index contributed by atoms with van der Waals surface area (Å²) in [7, 11) is -0.388. The van der Waals surface area contributed by atoms with Crippen LogP contribution in [0.25, 0.3) is 21.8 Å². The van der Waals surface area contributed by atoms with Gasteiger partial charge in [0.1, 0.15) is 11.3 Å². The van der Waals surface area contributed by atoms with Gasteiger partial charge in [0, 0.05) is 31.9 Å². The number of nitrogens with one attached hydrogen (secondary N) is 1. The van der Waals surface area contributed by atoms with E-state index in [9.17, 15) is 23.3 Å². The summed E-state index contributed by atoms with van der Waals surface area (Å²) in [4.78, 5) is 26.8. The molecule has 1 heterocycles. The minimum absolute atomic E-state index is 0.0911. The summed E-state index contributed by atoms with van der Waals surface area (Å²) in [5.74, 6) is 0.565. The number of rotatable bonds is 8. The van der Waals surface area contributed by atoms with Crippen molar-refractivity contribution >= 4 is 43.3 Å². The largest absolute Gasteiger partial charge is 0.497 e. The lowest BCUT2D eigenvalue weighted by Gasteiger charge is -2.19. The number of ether oxygens (including phenoxy) is 1. The van der Waals surface area contributed by atoms with Crippen LogP contribution in [0.5, 0.6) is 5.75 Å². The highest BCUT2D eigenvalue weighted by Gasteiger charge is 2.22. The Morgan fingerprint density at radius 2 is 1.82 bits per heavy atom. The lowest BCUT2D eigenvalue weighted by atomic mass is 10.1. The van der Waals surface area contributed by atoms with Gasteiger partial charge in [0.2, 0.25) is 0 Å². The van der Waals surface area contributed by atoms with E-state index in [2.05, 4.69) is 24.1 Å². The Morgan fingerprint density at radius 1 is 1.21 bits per heavy atom. The molecule has 0 aliphatic heterocycles. The van der Waals surface area contributed by atoms with Gasteiger partial charge in [-0.1, -0.05) is 13.8 Å². The quantitative estimate of drug-likeness (QED) is 0.209. The first-order valence-electron chi connectivity index (χ1n) is 10.6. The van der Waals surface area contributed by atoms with E-state index in [1.54, 1.807) is 35.9 Å². The Kier molecular flexibility index (Phi) is 8.96. The maximum absolute atomic E-state index is 13.4. The molecule has 2 aromatic carbocycles. The second-order valence-corrected chi connectivity index (χ2v) is 9.04. The fourth-order valence-electron chi connectivity index (χ4n) is 3.70. The van der Waals surface area contributed by atoms with E-state index in [0.717, 1.165) is 19.6 Å². The SMILES string of the molecule is CCN(CC)CCNc1ccc([N+](=O)[O-])c2c1c(=O)c1cc(OC)ccc1n2C.CS(=O)(=O)O. The molecule has 0 saturated carbocycles. The average molecular weight is 495 g/mol. The Labute approximate surface area is 197 Å². The zero-order chi connectivity index (χ0) is 25.6. The molecule has 0 spiro atoms. The van der Waals surface area contributed by atoms with Crippen LogP contribution in [0.4, 0.5) is 11.4 Å². The van der Waals surface area contributed by atoms with Crippen LogP contribution in [0.2, 0.25) is 0 Å². The molecule has 0 fully saturated rings. The first-order chi connectivity index (χ1) is 15.9. The van der Waals surface area contributed by atoms with E-state index in [4.69, 9.17) is 9.29 Å². The third-order valence-corrected chi connectivity index (χ3v) is 5.36. The molecule has 12 heteroatoms. The van der Waals surface area contributed by atoms with Crippen molar-refractivity contribution in [2.75, 3.05) is 44.9 Å². The van der Waals surface area contributed by atoms with Crippen molar-refractivity contribution in [3.05, 3.63) is 50.7 Å². The van der Waals surface area contributed by atoms with Gasteiger partial charge >= 0.3 is 0 Å². The monoisotopic (exact) mass is 494 g/mol. The number of nitrogens with zero attached hydrogens (tertiary/aromatic N) is 3. The predicted molar refractivity (Wildman–Crippen MR) is 134 cm³/mol. The van der Waals surface area contributed by atoms with Crippen molar-refractivity contribution in [3.8, 4) is 5.75 Å². The van der Waals surface area contributed by atoms with Crippen LogP contribution in [-0.2, 0) is 17.2 Å². The van der Waals surface area contributed by atoms with Crippen LogP contribution in [0.3, 0.4) is 0 Å². The van der Waals surface area contributed by atoms with Crippen molar-refractivity contribution in [2.24, 2.45) is 7.05 Å². The lowest BCUT2D eigenvalue weighted by Crippen LogP contribution is -2.28. The number of aromatic nitrogens is 1. The number of likely N-dealkylation sites (N-methyl/N-ethyl adjacent to an activating group) is 1. The number of nitro benzene ring substituents is 1. The summed E-state index contributed by atoms with van der Waals surface area (Å²) >= 11 is 0. The minimum Gasteiger partial charge on any atom is -0.497 e. The zero-order valence-electron chi connectivity index (χ0n) is 19.9. The van der Waals surface area contributed by atoms with Gasteiger partial charge in [0.05, 0.1) is 34.6 Å². The Hall–Kier alpha value is -3.22. The van der Waals surface area contributed by atoms with Crippen LogP contribution in [-0.4, -0.2) is 66.9 Å². The first kappa shape index (κ1) is 27.0. The molecular formula is C22H30N4O7S. The zero-order valence-corrected chi connectivity index (χ0v) is 20.7. The number of pyridine rings is 1. The second kappa shape index (κ2) is 11.3. The van der Waals surface area contributed by atoms with Gasteiger partial charge in [-0.2, -0.15) is 8.42 Å². The molecule has 34 heavy (non-hydrogen) atoms. The van der Waals surface area contributed by atoms with Crippen molar-refractivity contribution in [3.63, 3.8) is 0 Å². The van der Waals surface area contributed by atoms with E-state index >= 15 is 0 Å². The Balaban J connectivity index is 0.000000739. The molecule has 11 nitrogen and oxygen atoms in total. The summed E-state index contributed by atoms with van der Waals surface area (Å²) in [6, 6.07) is 8.24. The summed E-state index contributed by atoms with van der Waals surface area (Å²) in [5, 5.41) is 15.7. The van der Waals surface area contributed by atoms with Gasteiger partial charge in [-0.25, -0.2) is 0 Å². The topological polar surface area (TPSA) is 144 Å². The average Bonchev–Trinajstić information content (AvgIpc) is 2.78. The number of fused-ring (bicyclic) bond motifs is 2. The normalized spacial score (nSPS) is 11.4. The summed E-state index contributed by atoms with van der Waals surface area (Å²) < 4.78 is 32.8. The highest BCUT2D eigenvalue weighted by molar-refractivity contribution is 7.85. The van der Waals surface area contributed by atoms with Crippen molar-refractivity contribution in [1.29, 1.82) is 0 Å². The highest BCUT2D eigenvalue weighted by atomic mass is 32.2. The maximum atomic E-state index is 13.4.